The second-order valence-corrected chi connectivity index (χ2v) is 4.94. The number of fused-ring (bicyclic) bond motifs is 1. The highest BCUT2D eigenvalue weighted by molar-refractivity contribution is 5.97. The number of ether oxygens (including phenoxy) is 1. The number of hydrogen-bond donors (Lipinski definition) is 1. The molecule has 0 aliphatic carbocycles. The highest BCUT2D eigenvalue weighted by atomic mass is 16.5. The summed E-state index contributed by atoms with van der Waals surface area (Å²) in [5, 5.41) is 3.36. The molecule has 0 fully saturated rings. The van der Waals surface area contributed by atoms with Crippen LogP contribution in [0, 0.1) is 0 Å². The molecule has 0 atom stereocenters. The minimum atomic E-state index is 0.108. The largest absolute Gasteiger partial charge is 0.385 e. The number of carbonyl (C=O) groups excluding carboxylic acids is 1. The number of methoxy groups -OCH3 is 1. The third-order valence-electron chi connectivity index (χ3n) is 3.51. The number of benzene rings is 1. The van der Waals surface area contributed by atoms with E-state index < -0.39 is 0 Å². The number of hydrogen-bond acceptors (Lipinski definition) is 3. The van der Waals surface area contributed by atoms with Crippen LogP contribution in [0.3, 0.4) is 0 Å². The summed E-state index contributed by atoms with van der Waals surface area (Å²) in [7, 11) is 3.54. The average molecular weight is 262 g/mol. The van der Waals surface area contributed by atoms with Crippen molar-refractivity contribution in [2.75, 3.05) is 39.2 Å². The summed E-state index contributed by atoms with van der Waals surface area (Å²) in [5.74, 6) is 0.108. The molecule has 104 valence electrons. The van der Waals surface area contributed by atoms with E-state index in [1.54, 1.807) is 12.0 Å². The quantitative estimate of drug-likeness (QED) is 0.827. The van der Waals surface area contributed by atoms with Crippen molar-refractivity contribution >= 4 is 11.6 Å². The number of carbonyl (C=O) groups is 1. The fraction of sp³-hybridized carbons (Fsp3) is 0.533. The Balaban J connectivity index is 2.10. The molecule has 1 aliphatic heterocycles. The van der Waals surface area contributed by atoms with E-state index in [0.717, 1.165) is 49.2 Å². The molecular formula is C15H22N2O2. The van der Waals surface area contributed by atoms with Crippen LogP contribution < -0.4 is 5.32 Å². The Kier molecular flexibility index (Phi) is 4.80. The Labute approximate surface area is 114 Å². The highest BCUT2D eigenvalue weighted by Crippen LogP contribution is 2.26. The van der Waals surface area contributed by atoms with Crippen LogP contribution in [0.25, 0.3) is 0 Å². The number of rotatable bonds is 5. The van der Waals surface area contributed by atoms with Gasteiger partial charge >= 0.3 is 0 Å². The van der Waals surface area contributed by atoms with Gasteiger partial charge in [-0.3, -0.25) is 4.79 Å². The summed E-state index contributed by atoms with van der Waals surface area (Å²) >= 11 is 0. The molecule has 0 spiro atoms. The van der Waals surface area contributed by atoms with Gasteiger partial charge in [0.1, 0.15) is 0 Å². The van der Waals surface area contributed by atoms with E-state index in [1.807, 2.05) is 19.2 Å². The molecule has 0 unspecified atom stereocenters. The average Bonchev–Trinajstić information content (AvgIpc) is 2.46. The van der Waals surface area contributed by atoms with Gasteiger partial charge in [0.2, 0.25) is 0 Å². The molecular weight excluding hydrogens is 240 g/mol. The van der Waals surface area contributed by atoms with E-state index in [9.17, 15) is 4.79 Å². The van der Waals surface area contributed by atoms with Crippen LogP contribution >= 0.6 is 0 Å². The fourth-order valence-corrected chi connectivity index (χ4v) is 2.46. The molecule has 2 rings (SSSR count). The van der Waals surface area contributed by atoms with Gasteiger partial charge in [-0.05, 0) is 37.0 Å². The van der Waals surface area contributed by atoms with Crippen molar-refractivity contribution in [2.45, 2.75) is 19.3 Å². The number of amides is 1. The van der Waals surface area contributed by atoms with Gasteiger partial charge in [-0.15, -0.1) is 0 Å². The molecule has 1 aromatic carbocycles. The summed E-state index contributed by atoms with van der Waals surface area (Å²) in [6, 6.07) is 5.94. The minimum Gasteiger partial charge on any atom is -0.385 e. The third kappa shape index (κ3) is 3.26. The van der Waals surface area contributed by atoms with E-state index in [-0.39, 0.29) is 5.91 Å². The van der Waals surface area contributed by atoms with Gasteiger partial charge in [0.05, 0.1) is 0 Å². The van der Waals surface area contributed by atoms with Crippen LogP contribution in [-0.4, -0.2) is 44.7 Å². The molecule has 1 aromatic rings. The van der Waals surface area contributed by atoms with Crippen LogP contribution in [-0.2, 0) is 11.2 Å². The van der Waals surface area contributed by atoms with E-state index in [0.29, 0.717) is 6.61 Å². The van der Waals surface area contributed by atoms with E-state index in [4.69, 9.17) is 4.74 Å². The lowest BCUT2D eigenvalue weighted by molar-refractivity contribution is 0.0778. The van der Waals surface area contributed by atoms with Crippen molar-refractivity contribution in [1.82, 2.24) is 4.90 Å². The first-order valence-electron chi connectivity index (χ1n) is 6.84. The van der Waals surface area contributed by atoms with E-state index >= 15 is 0 Å². The summed E-state index contributed by atoms with van der Waals surface area (Å²) < 4.78 is 5.02. The van der Waals surface area contributed by atoms with E-state index in [1.165, 1.54) is 0 Å². The zero-order chi connectivity index (χ0) is 13.7. The summed E-state index contributed by atoms with van der Waals surface area (Å²) in [4.78, 5) is 14.2. The zero-order valence-corrected chi connectivity index (χ0v) is 11.7. The van der Waals surface area contributed by atoms with Gasteiger partial charge in [-0.1, -0.05) is 6.07 Å². The second-order valence-electron chi connectivity index (χ2n) is 4.94. The molecule has 19 heavy (non-hydrogen) atoms. The lowest BCUT2D eigenvalue weighted by Gasteiger charge is -2.23. The van der Waals surface area contributed by atoms with Crippen LogP contribution in [0.15, 0.2) is 18.2 Å². The van der Waals surface area contributed by atoms with Gasteiger partial charge in [0.25, 0.3) is 5.91 Å². The first-order chi connectivity index (χ1) is 9.24. The monoisotopic (exact) mass is 262 g/mol. The maximum atomic E-state index is 12.5. The lowest BCUT2D eigenvalue weighted by Crippen LogP contribution is -2.30. The van der Waals surface area contributed by atoms with Crippen molar-refractivity contribution in [3.8, 4) is 0 Å². The van der Waals surface area contributed by atoms with Gasteiger partial charge in [-0.2, -0.15) is 0 Å². The zero-order valence-electron chi connectivity index (χ0n) is 11.7. The summed E-state index contributed by atoms with van der Waals surface area (Å²) in [5.41, 5.74) is 3.12. The molecule has 1 amide bonds. The van der Waals surface area contributed by atoms with Gasteiger partial charge in [-0.25, -0.2) is 0 Å². The Morgan fingerprint density at radius 1 is 1.47 bits per heavy atom. The molecule has 0 saturated heterocycles. The predicted octanol–water partition coefficient (Wildman–Crippen LogP) is 2.15. The molecule has 1 N–H and O–H groups in total. The highest BCUT2D eigenvalue weighted by Gasteiger charge is 2.19. The first kappa shape index (κ1) is 13.9. The third-order valence-corrected chi connectivity index (χ3v) is 3.51. The molecule has 0 saturated carbocycles. The standard InChI is InChI=1S/C15H22N2O2/c1-17(10-5-11-19-2)15(18)13-6-3-8-14-12(13)7-4-9-16-14/h3,6,8,16H,4-5,7,9-11H2,1-2H3. The summed E-state index contributed by atoms with van der Waals surface area (Å²) in [6.45, 7) is 2.41. The molecule has 0 aromatic heterocycles. The van der Waals surface area contributed by atoms with Crippen molar-refractivity contribution in [2.24, 2.45) is 0 Å². The van der Waals surface area contributed by atoms with Gasteiger partial charge in [0, 0.05) is 45.1 Å². The van der Waals surface area contributed by atoms with Crippen molar-refractivity contribution in [3.63, 3.8) is 0 Å². The molecule has 4 heteroatoms. The first-order valence-corrected chi connectivity index (χ1v) is 6.84. The van der Waals surface area contributed by atoms with Gasteiger partial charge in [0.15, 0.2) is 0 Å². The topological polar surface area (TPSA) is 41.6 Å². The number of nitrogens with one attached hydrogen (secondary N) is 1. The molecule has 0 bridgehead atoms. The van der Waals surface area contributed by atoms with Crippen LogP contribution in [0.2, 0.25) is 0 Å². The normalized spacial score (nSPS) is 13.6. The minimum absolute atomic E-state index is 0.108. The van der Waals surface area contributed by atoms with Crippen LogP contribution in [0.1, 0.15) is 28.8 Å². The molecule has 0 radical (unpaired) electrons. The number of nitrogens with zero attached hydrogens (tertiary/aromatic N) is 1. The molecule has 1 heterocycles. The Morgan fingerprint density at radius 2 is 2.32 bits per heavy atom. The smallest absolute Gasteiger partial charge is 0.253 e. The Morgan fingerprint density at radius 3 is 3.11 bits per heavy atom. The van der Waals surface area contributed by atoms with Crippen molar-refractivity contribution in [1.29, 1.82) is 0 Å². The van der Waals surface area contributed by atoms with Crippen molar-refractivity contribution < 1.29 is 9.53 Å². The lowest BCUT2D eigenvalue weighted by atomic mass is 9.97. The molecule has 4 nitrogen and oxygen atoms in total. The number of anilines is 1. The van der Waals surface area contributed by atoms with Gasteiger partial charge < -0.3 is 15.0 Å². The SMILES string of the molecule is COCCCN(C)C(=O)c1cccc2c1CCCN2. The maximum absolute atomic E-state index is 12.5. The fourth-order valence-electron chi connectivity index (χ4n) is 2.46. The second kappa shape index (κ2) is 6.57. The Hall–Kier alpha value is -1.55. The van der Waals surface area contributed by atoms with E-state index in [2.05, 4.69) is 11.4 Å². The predicted molar refractivity (Wildman–Crippen MR) is 76.7 cm³/mol. The Bertz CT molecular complexity index is 446. The van der Waals surface area contributed by atoms with Crippen LogP contribution in [0.4, 0.5) is 5.69 Å². The molecule has 1 aliphatic rings. The van der Waals surface area contributed by atoms with Crippen LogP contribution in [0.5, 0.6) is 0 Å². The van der Waals surface area contributed by atoms with Crippen molar-refractivity contribution in [3.05, 3.63) is 29.3 Å². The summed E-state index contributed by atoms with van der Waals surface area (Å²) in [6.07, 6.45) is 2.94. The maximum Gasteiger partial charge on any atom is 0.253 e.